The predicted molar refractivity (Wildman–Crippen MR) is 246 cm³/mol. The molecular formula is C45H61N9O9S2. The number of hydrogen-bond donors (Lipinski definition) is 4. The van der Waals surface area contributed by atoms with Crippen molar-refractivity contribution in [3.05, 3.63) is 41.8 Å². The molecule has 20 heteroatoms. The lowest BCUT2D eigenvalue weighted by atomic mass is 10.0. The van der Waals surface area contributed by atoms with Crippen LogP contribution >= 0.6 is 11.3 Å². The van der Waals surface area contributed by atoms with Crippen molar-refractivity contribution in [3.8, 4) is 22.9 Å². The summed E-state index contributed by atoms with van der Waals surface area (Å²) in [4.78, 5) is 70.4. The zero-order valence-electron chi connectivity index (χ0n) is 37.5. The molecule has 5 atom stereocenters. The summed E-state index contributed by atoms with van der Waals surface area (Å²) in [6, 6.07) is 5.27. The number of anilines is 1. The van der Waals surface area contributed by atoms with Gasteiger partial charge in [0, 0.05) is 67.5 Å². The third-order valence-corrected chi connectivity index (χ3v) is 15.2. The number of nitrogens with one attached hydrogen (secondary N) is 4. The highest BCUT2D eigenvalue weighted by atomic mass is 32.2. The van der Waals surface area contributed by atoms with Gasteiger partial charge in [-0.05, 0) is 84.4 Å². The van der Waals surface area contributed by atoms with Crippen molar-refractivity contribution in [3.63, 3.8) is 0 Å². The van der Waals surface area contributed by atoms with Crippen molar-refractivity contribution in [2.45, 2.75) is 120 Å². The van der Waals surface area contributed by atoms with Crippen molar-refractivity contribution < 1.29 is 41.8 Å². The predicted octanol–water partition coefficient (Wildman–Crippen LogP) is 4.58. The number of alkyl carbamates (subject to hydrolysis) is 1. The molecule has 5 aliphatic rings. The van der Waals surface area contributed by atoms with E-state index in [1.54, 1.807) is 25.3 Å². The number of hydrogen-bond acceptors (Lipinski definition) is 14. The maximum absolute atomic E-state index is 14.9. The van der Waals surface area contributed by atoms with Gasteiger partial charge in [-0.3, -0.25) is 14.4 Å². The van der Waals surface area contributed by atoms with Gasteiger partial charge in [-0.25, -0.2) is 19.5 Å². The van der Waals surface area contributed by atoms with Gasteiger partial charge in [0.1, 0.15) is 47.0 Å². The second-order valence-electron chi connectivity index (χ2n) is 18.2. The summed E-state index contributed by atoms with van der Waals surface area (Å²) < 4.78 is 48.7. The Bertz CT molecular complexity index is 2380. The Morgan fingerprint density at radius 1 is 0.969 bits per heavy atom. The van der Waals surface area contributed by atoms with Gasteiger partial charge in [0.2, 0.25) is 11.8 Å². The highest BCUT2D eigenvalue weighted by Crippen LogP contribution is 2.46. The fourth-order valence-electron chi connectivity index (χ4n) is 9.22. The lowest BCUT2D eigenvalue weighted by Crippen LogP contribution is -2.60. The van der Waals surface area contributed by atoms with Crippen LogP contribution in [-0.2, 0) is 29.3 Å². The lowest BCUT2D eigenvalue weighted by molar-refractivity contribution is -0.141. The minimum Gasteiger partial charge on any atom is -0.497 e. The molecule has 4 N–H and O–H groups in total. The fourth-order valence-corrected chi connectivity index (χ4v) is 11.3. The average molecular weight is 936 g/mol. The minimum atomic E-state index is -4.22. The van der Waals surface area contributed by atoms with Gasteiger partial charge in [-0.2, -0.15) is 12.7 Å². The zero-order chi connectivity index (χ0) is 45.9. The number of fused-ring (bicyclic) bond motifs is 3. The van der Waals surface area contributed by atoms with Gasteiger partial charge in [0.05, 0.1) is 24.9 Å². The van der Waals surface area contributed by atoms with Crippen molar-refractivity contribution in [2.75, 3.05) is 52.2 Å². The Kier molecular flexibility index (Phi) is 14.2. The van der Waals surface area contributed by atoms with Crippen LogP contribution in [0.15, 0.2) is 41.8 Å². The number of methoxy groups -OCH3 is 1. The quantitative estimate of drug-likeness (QED) is 0.194. The normalized spacial score (nSPS) is 26.6. The lowest BCUT2D eigenvalue weighted by Gasteiger charge is -2.32. The first-order valence-electron chi connectivity index (χ1n) is 22.9. The first-order chi connectivity index (χ1) is 31.2. The fraction of sp³-hybridized carbons (Fsp3) is 0.600. The molecule has 0 unspecified atom stereocenters. The summed E-state index contributed by atoms with van der Waals surface area (Å²) in [5.41, 5.74) is 0.191. The number of benzene rings is 1. The van der Waals surface area contributed by atoms with Crippen LogP contribution in [0.25, 0.3) is 22.3 Å². The zero-order valence-corrected chi connectivity index (χ0v) is 39.2. The second kappa shape index (κ2) is 19.8. The van der Waals surface area contributed by atoms with E-state index in [0.717, 1.165) is 43.7 Å². The average Bonchev–Trinajstić information content (AvgIpc) is 3.70. The summed E-state index contributed by atoms with van der Waals surface area (Å²) in [6.07, 6.45) is 9.03. The molecule has 5 heterocycles. The van der Waals surface area contributed by atoms with Crippen LogP contribution in [0.4, 0.5) is 9.93 Å². The topological polar surface area (TPSA) is 214 Å². The molecule has 3 aromatic rings. The van der Waals surface area contributed by atoms with E-state index in [9.17, 15) is 27.6 Å². The number of nitrogens with zero attached hydrogens (tertiary/aromatic N) is 5. The van der Waals surface area contributed by atoms with Gasteiger partial charge >= 0.3 is 16.3 Å². The molecule has 2 aliphatic carbocycles. The molecular weight excluding hydrogens is 875 g/mol. The van der Waals surface area contributed by atoms with Gasteiger partial charge < -0.3 is 40.0 Å². The second-order valence-corrected chi connectivity index (χ2v) is 20.7. The number of piperazine rings is 1. The molecule has 2 aromatic heterocycles. The number of thiazole rings is 1. The molecule has 0 spiro atoms. The van der Waals surface area contributed by atoms with Crippen LogP contribution in [-0.4, -0.2) is 139 Å². The van der Waals surface area contributed by atoms with Crippen LogP contribution in [0.2, 0.25) is 0 Å². The van der Waals surface area contributed by atoms with E-state index >= 15 is 0 Å². The largest absolute Gasteiger partial charge is 0.497 e. The maximum atomic E-state index is 14.9. The maximum Gasteiger partial charge on any atom is 0.408 e. The Hall–Kier alpha value is -5.05. The summed E-state index contributed by atoms with van der Waals surface area (Å²) in [5.74, 6) is -1.37. The van der Waals surface area contributed by atoms with Gasteiger partial charge in [0.25, 0.3) is 5.91 Å². The number of carbonyl (C=O) groups excluding carboxylic acids is 4. The van der Waals surface area contributed by atoms with E-state index in [1.165, 1.54) is 20.5 Å². The van der Waals surface area contributed by atoms with Gasteiger partial charge in [-0.15, -0.1) is 11.3 Å². The number of allylic oxidation sites excluding steroid dienone is 1. The number of aromatic nitrogens is 2. The van der Waals surface area contributed by atoms with Crippen LogP contribution in [0.5, 0.6) is 11.5 Å². The van der Waals surface area contributed by atoms with Gasteiger partial charge in [-0.1, -0.05) is 25.0 Å². The summed E-state index contributed by atoms with van der Waals surface area (Å²) >= 11 is 1.46. The van der Waals surface area contributed by atoms with Crippen LogP contribution in [0.1, 0.15) is 84.5 Å². The van der Waals surface area contributed by atoms with Crippen LogP contribution in [0, 0.1) is 5.92 Å². The van der Waals surface area contributed by atoms with Crippen molar-refractivity contribution in [1.29, 1.82) is 0 Å². The summed E-state index contributed by atoms with van der Waals surface area (Å²) in [5, 5.41) is 12.4. The van der Waals surface area contributed by atoms with E-state index in [0.29, 0.717) is 66.1 Å². The van der Waals surface area contributed by atoms with E-state index in [4.69, 9.17) is 24.2 Å². The highest BCUT2D eigenvalue weighted by molar-refractivity contribution is 7.87. The van der Waals surface area contributed by atoms with Gasteiger partial charge in [0.15, 0.2) is 5.13 Å². The van der Waals surface area contributed by atoms with Crippen molar-refractivity contribution in [2.24, 2.45) is 5.92 Å². The smallest absolute Gasteiger partial charge is 0.408 e. The molecule has 18 nitrogen and oxygen atoms in total. The Morgan fingerprint density at radius 2 is 1.74 bits per heavy atom. The first kappa shape index (κ1) is 46.5. The highest BCUT2D eigenvalue weighted by Gasteiger charge is 2.62. The molecule has 2 saturated heterocycles. The molecule has 4 amide bonds. The number of ether oxygens (including phenoxy) is 3. The number of rotatable bonds is 11. The van der Waals surface area contributed by atoms with Crippen molar-refractivity contribution in [1.82, 2.24) is 39.4 Å². The third-order valence-electron chi connectivity index (χ3n) is 13.0. The number of likely N-dealkylation sites (N-methyl/N-ethyl adjacent to an activating group) is 1. The monoisotopic (exact) mass is 935 g/mol. The number of amides is 4. The molecule has 1 aromatic carbocycles. The third kappa shape index (κ3) is 10.8. The standard InChI is InChI=1S/C45H61N9O9S2/c1-28(2)46-43-48-37(27-64-43)36-24-39(33-17-16-31(61-4)22-35(33)47-36)62-32-23-38-40(55)50-45(42(57)51-65(59,60)53-20-18-52(3)19-21-53)25-29(45)12-8-6-5-7-9-15-34(41(56)54(38)26-32)49-44(58)63-30-13-10-11-14-30/h8,12,16-17,22,24,27-30,32,34,38H,5-7,9-11,13-15,18-21,23,25-26H2,1-4H3,(H,46,48)(H,49,58)(H,50,55)(H,51,57)/b12-8-/t29-,32-,34+,38+,45-/m1/s1. The van der Waals surface area contributed by atoms with E-state index in [2.05, 4.69) is 20.7 Å². The SMILES string of the molecule is COc1ccc2c(O[C@@H]3C[C@H]4C(=O)N[C@]5(C(=O)NS(=O)(=O)N6CCN(C)CC6)C[C@H]5/C=C\CCCCC[C@H](NC(=O)OC5CCCC5)C(=O)N4C3)cc(-c3csc(NC(C)C)n3)nc2c1. The Labute approximate surface area is 384 Å². The minimum absolute atomic E-state index is 0.0262. The molecule has 8 rings (SSSR count). The summed E-state index contributed by atoms with van der Waals surface area (Å²) in [7, 11) is -0.746. The van der Waals surface area contributed by atoms with Crippen LogP contribution < -0.4 is 30.1 Å². The summed E-state index contributed by atoms with van der Waals surface area (Å²) in [6.45, 7) is 5.49. The molecule has 65 heavy (non-hydrogen) atoms. The molecule has 352 valence electrons. The van der Waals surface area contributed by atoms with E-state index < -0.39 is 63.7 Å². The Morgan fingerprint density at radius 3 is 2.49 bits per heavy atom. The van der Waals surface area contributed by atoms with Crippen molar-refractivity contribution >= 4 is 61.4 Å². The molecule has 4 fully saturated rings. The Balaban J connectivity index is 1.11. The number of carbonyl (C=O) groups is 4. The molecule has 2 saturated carbocycles. The molecule has 0 bridgehead atoms. The first-order valence-corrected chi connectivity index (χ1v) is 25.2. The van der Waals surface area contributed by atoms with E-state index in [-0.39, 0.29) is 44.6 Å². The van der Waals surface area contributed by atoms with Crippen LogP contribution in [0.3, 0.4) is 0 Å². The molecule has 3 aliphatic heterocycles. The number of pyridine rings is 1. The molecule has 0 radical (unpaired) electrons. The van der Waals surface area contributed by atoms with E-state index in [1.807, 2.05) is 49.4 Å².